The van der Waals surface area contributed by atoms with E-state index in [4.69, 9.17) is 15.2 Å². The Labute approximate surface area is 167 Å². The molecule has 0 unspecified atom stereocenters. The number of hydrogen-bond acceptors (Lipinski definition) is 5. The zero-order valence-corrected chi connectivity index (χ0v) is 16.6. The summed E-state index contributed by atoms with van der Waals surface area (Å²) in [4.78, 5) is 13.3. The van der Waals surface area contributed by atoms with Gasteiger partial charge in [0.2, 0.25) is 0 Å². The smallest absolute Gasteiger partial charge is 0.339 e. The standard InChI is InChI=1S/C23H21NO3S/c1-3-27-23(25)22-18-11-19(26-2)17(12-20(18)28-21(22)13-24)16-10-6-8-14-7-4-5-9-15(14)16/h4-12H,3,13,24H2,1-2H3. The summed E-state index contributed by atoms with van der Waals surface area (Å²) in [5, 5.41) is 3.15. The number of nitrogens with two attached hydrogens (primary N) is 1. The second-order valence-electron chi connectivity index (χ2n) is 6.40. The summed E-state index contributed by atoms with van der Waals surface area (Å²) in [6.45, 7) is 2.42. The Balaban J connectivity index is 1.99. The lowest BCUT2D eigenvalue weighted by molar-refractivity contribution is 0.0528. The number of carbonyl (C=O) groups excluding carboxylic acids is 1. The first-order chi connectivity index (χ1) is 13.7. The predicted octanol–water partition coefficient (Wildman–Crippen LogP) is 5.37. The number of thiophene rings is 1. The highest BCUT2D eigenvalue weighted by Gasteiger charge is 2.22. The third kappa shape index (κ3) is 3.03. The second-order valence-corrected chi connectivity index (χ2v) is 7.54. The highest BCUT2D eigenvalue weighted by Crippen LogP contribution is 2.42. The molecule has 0 aliphatic heterocycles. The van der Waals surface area contributed by atoms with Crippen LogP contribution in [0.2, 0.25) is 0 Å². The summed E-state index contributed by atoms with van der Waals surface area (Å²) in [5.74, 6) is 0.380. The van der Waals surface area contributed by atoms with Crippen LogP contribution in [0.25, 0.3) is 32.0 Å². The Morgan fingerprint density at radius 3 is 2.57 bits per heavy atom. The summed E-state index contributed by atoms with van der Waals surface area (Å²) < 4.78 is 12.0. The molecule has 0 saturated heterocycles. The molecule has 0 atom stereocenters. The molecule has 1 aromatic heterocycles. The SMILES string of the molecule is CCOC(=O)c1c(CN)sc2cc(-c3cccc4ccccc34)c(OC)cc12. The first-order valence-electron chi connectivity index (χ1n) is 9.16. The van der Waals surface area contributed by atoms with Gasteiger partial charge in [0.05, 0.1) is 19.3 Å². The molecule has 4 nitrogen and oxygen atoms in total. The van der Waals surface area contributed by atoms with E-state index in [9.17, 15) is 4.79 Å². The molecular formula is C23H21NO3S. The van der Waals surface area contributed by atoms with Gasteiger partial charge in [0.1, 0.15) is 5.75 Å². The van der Waals surface area contributed by atoms with Crippen LogP contribution in [0, 0.1) is 0 Å². The van der Waals surface area contributed by atoms with E-state index in [1.165, 1.54) is 16.7 Å². The molecule has 0 amide bonds. The summed E-state index contributed by atoms with van der Waals surface area (Å²) in [5.41, 5.74) is 8.55. The van der Waals surface area contributed by atoms with Crippen LogP contribution in [0.15, 0.2) is 54.6 Å². The van der Waals surface area contributed by atoms with Gasteiger partial charge in [-0.2, -0.15) is 0 Å². The molecule has 5 heteroatoms. The Morgan fingerprint density at radius 2 is 1.82 bits per heavy atom. The Bertz CT molecular complexity index is 1170. The summed E-state index contributed by atoms with van der Waals surface area (Å²) in [7, 11) is 1.65. The fourth-order valence-corrected chi connectivity index (χ4v) is 4.68. The van der Waals surface area contributed by atoms with Crippen LogP contribution in [0.3, 0.4) is 0 Å². The minimum absolute atomic E-state index is 0.291. The van der Waals surface area contributed by atoms with Crippen molar-refractivity contribution in [1.29, 1.82) is 0 Å². The average molecular weight is 391 g/mol. The highest BCUT2D eigenvalue weighted by atomic mass is 32.1. The van der Waals surface area contributed by atoms with E-state index < -0.39 is 0 Å². The number of carbonyl (C=O) groups is 1. The predicted molar refractivity (Wildman–Crippen MR) is 115 cm³/mol. The normalized spacial score (nSPS) is 11.1. The molecule has 0 spiro atoms. The van der Waals surface area contributed by atoms with Crippen molar-refractivity contribution in [2.75, 3.05) is 13.7 Å². The van der Waals surface area contributed by atoms with E-state index in [0.29, 0.717) is 18.7 Å². The van der Waals surface area contributed by atoms with E-state index in [2.05, 4.69) is 30.3 Å². The molecule has 0 aliphatic carbocycles. The van der Waals surface area contributed by atoms with Gasteiger partial charge >= 0.3 is 5.97 Å². The Hall–Kier alpha value is -2.89. The van der Waals surface area contributed by atoms with Crippen molar-refractivity contribution in [2.45, 2.75) is 13.5 Å². The molecule has 4 aromatic rings. The van der Waals surface area contributed by atoms with Crippen LogP contribution < -0.4 is 10.5 Å². The minimum atomic E-state index is -0.339. The summed E-state index contributed by atoms with van der Waals surface area (Å²) in [6.07, 6.45) is 0. The molecule has 0 aliphatic rings. The lowest BCUT2D eigenvalue weighted by Crippen LogP contribution is -2.08. The van der Waals surface area contributed by atoms with Crippen LogP contribution in [0.4, 0.5) is 0 Å². The van der Waals surface area contributed by atoms with Crippen molar-refractivity contribution >= 4 is 38.2 Å². The number of methoxy groups -OCH3 is 1. The zero-order chi connectivity index (χ0) is 19.7. The van der Waals surface area contributed by atoms with Crippen molar-refractivity contribution in [3.8, 4) is 16.9 Å². The highest BCUT2D eigenvalue weighted by molar-refractivity contribution is 7.19. The number of ether oxygens (including phenoxy) is 2. The Morgan fingerprint density at radius 1 is 1.04 bits per heavy atom. The van der Waals surface area contributed by atoms with Gasteiger partial charge in [-0.25, -0.2) is 4.79 Å². The fraction of sp³-hybridized carbons (Fsp3) is 0.174. The molecule has 0 saturated carbocycles. The van der Waals surface area contributed by atoms with Crippen LogP contribution in [-0.4, -0.2) is 19.7 Å². The fourth-order valence-electron chi connectivity index (χ4n) is 3.58. The van der Waals surface area contributed by atoms with Gasteiger partial charge in [-0.3, -0.25) is 0 Å². The van der Waals surface area contributed by atoms with E-state index in [-0.39, 0.29) is 5.97 Å². The first-order valence-corrected chi connectivity index (χ1v) is 9.98. The number of benzene rings is 3. The summed E-state index contributed by atoms with van der Waals surface area (Å²) >= 11 is 1.53. The van der Waals surface area contributed by atoms with Crippen molar-refractivity contribution in [1.82, 2.24) is 0 Å². The van der Waals surface area contributed by atoms with Gasteiger partial charge in [0.25, 0.3) is 0 Å². The van der Waals surface area contributed by atoms with E-state index >= 15 is 0 Å². The molecule has 28 heavy (non-hydrogen) atoms. The van der Waals surface area contributed by atoms with Crippen LogP contribution in [-0.2, 0) is 11.3 Å². The van der Waals surface area contributed by atoms with Crippen molar-refractivity contribution in [3.63, 3.8) is 0 Å². The van der Waals surface area contributed by atoms with Crippen molar-refractivity contribution in [3.05, 3.63) is 65.0 Å². The minimum Gasteiger partial charge on any atom is -0.496 e. The zero-order valence-electron chi connectivity index (χ0n) is 15.8. The molecule has 1 heterocycles. The van der Waals surface area contributed by atoms with Gasteiger partial charge in [-0.05, 0) is 35.4 Å². The van der Waals surface area contributed by atoms with Gasteiger partial charge in [-0.1, -0.05) is 42.5 Å². The van der Waals surface area contributed by atoms with Crippen LogP contribution in [0.1, 0.15) is 22.2 Å². The molecule has 0 radical (unpaired) electrons. The lowest BCUT2D eigenvalue weighted by Gasteiger charge is -2.12. The monoisotopic (exact) mass is 391 g/mol. The van der Waals surface area contributed by atoms with E-state index in [0.717, 1.165) is 37.2 Å². The van der Waals surface area contributed by atoms with E-state index in [1.54, 1.807) is 14.0 Å². The first kappa shape index (κ1) is 18.5. The number of rotatable bonds is 5. The van der Waals surface area contributed by atoms with Crippen molar-refractivity contribution in [2.24, 2.45) is 5.73 Å². The number of esters is 1. The summed E-state index contributed by atoms with van der Waals surface area (Å²) in [6, 6.07) is 18.5. The number of hydrogen-bond donors (Lipinski definition) is 1. The third-order valence-corrected chi connectivity index (χ3v) is 6.00. The van der Waals surface area contributed by atoms with Gasteiger partial charge in [0.15, 0.2) is 0 Å². The molecule has 0 bridgehead atoms. The average Bonchev–Trinajstić information content (AvgIpc) is 3.10. The number of fused-ring (bicyclic) bond motifs is 2. The molecule has 142 valence electrons. The molecule has 4 rings (SSSR count). The maximum atomic E-state index is 12.5. The second kappa shape index (κ2) is 7.62. The van der Waals surface area contributed by atoms with Crippen LogP contribution >= 0.6 is 11.3 Å². The van der Waals surface area contributed by atoms with E-state index in [1.807, 2.05) is 24.3 Å². The largest absolute Gasteiger partial charge is 0.496 e. The molecule has 3 aromatic carbocycles. The maximum Gasteiger partial charge on any atom is 0.339 e. The molecule has 2 N–H and O–H groups in total. The van der Waals surface area contributed by atoms with Gasteiger partial charge in [-0.15, -0.1) is 11.3 Å². The maximum absolute atomic E-state index is 12.5. The molecule has 0 fully saturated rings. The van der Waals surface area contributed by atoms with Gasteiger partial charge < -0.3 is 15.2 Å². The quantitative estimate of drug-likeness (QED) is 0.465. The van der Waals surface area contributed by atoms with Crippen molar-refractivity contribution < 1.29 is 14.3 Å². The van der Waals surface area contributed by atoms with Crippen LogP contribution in [0.5, 0.6) is 5.75 Å². The topological polar surface area (TPSA) is 61.5 Å². The van der Waals surface area contributed by atoms with Gasteiger partial charge in [0, 0.05) is 27.1 Å². The third-order valence-electron chi connectivity index (χ3n) is 4.83. The lowest BCUT2D eigenvalue weighted by atomic mass is 9.96. The Kier molecular flexibility index (Phi) is 5.03. The molecular weight excluding hydrogens is 370 g/mol.